The Balaban J connectivity index is 2.55. The van der Waals surface area contributed by atoms with E-state index in [2.05, 4.69) is 6.58 Å². The largest absolute Gasteiger partial charge is 0.490 e. The van der Waals surface area contributed by atoms with E-state index in [0.717, 1.165) is 11.3 Å². The number of carbonyl (C=O) groups excluding carboxylic acids is 1. The average molecular weight is 232 g/mol. The zero-order chi connectivity index (χ0) is 12.5. The van der Waals surface area contributed by atoms with Gasteiger partial charge in [0, 0.05) is 6.08 Å². The van der Waals surface area contributed by atoms with Crippen LogP contribution in [0.5, 0.6) is 5.75 Å². The summed E-state index contributed by atoms with van der Waals surface area (Å²) in [5.41, 5.74) is 0.920. The summed E-state index contributed by atoms with van der Waals surface area (Å²) >= 11 is 0. The first kappa shape index (κ1) is 13.0. The van der Waals surface area contributed by atoms with Gasteiger partial charge in [0.2, 0.25) is 0 Å². The maximum Gasteiger partial charge on any atom is 0.330 e. The molecule has 0 heterocycles. The second-order valence-electron chi connectivity index (χ2n) is 3.25. The molecule has 17 heavy (non-hydrogen) atoms. The van der Waals surface area contributed by atoms with Crippen molar-refractivity contribution in [1.29, 1.82) is 0 Å². The van der Waals surface area contributed by atoms with Crippen molar-refractivity contribution in [3.63, 3.8) is 0 Å². The van der Waals surface area contributed by atoms with Gasteiger partial charge in [0.15, 0.2) is 0 Å². The molecule has 0 saturated carbocycles. The highest BCUT2D eigenvalue weighted by Crippen LogP contribution is 2.13. The van der Waals surface area contributed by atoms with Gasteiger partial charge >= 0.3 is 5.97 Å². The van der Waals surface area contributed by atoms with Crippen LogP contribution in [0.25, 0.3) is 6.08 Å². The predicted octanol–water partition coefficient (Wildman–Crippen LogP) is 2.83. The first-order chi connectivity index (χ1) is 8.26. The van der Waals surface area contributed by atoms with Crippen molar-refractivity contribution in [1.82, 2.24) is 0 Å². The van der Waals surface area contributed by atoms with Crippen LogP contribution in [0.4, 0.5) is 0 Å². The summed E-state index contributed by atoms with van der Waals surface area (Å²) in [5.74, 6) is 0.442. The Bertz CT molecular complexity index is 390. The Morgan fingerprint density at radius 2 is 2.06 bits per heavy atom. The van der Waals surface area contributed by atoms with E-state index in [9.17, 15) is 4.79 Å². The summed E-state index contributed by atoms with van der Waals surface area (Å²) in [6, 6.07) is 7.42. The Morgan fingerprint density at radius 3 is 2.65 bits per heavy atom. The Morgan fingerprint density at radius 1 is 1.35 bits per heavy atom. The molecule has 0 unspecified atom stereocenters. The first-order valence-corrected chi connectivity index (χ1v) is 5.45. The van der Waals surface area contributed by atoms with Gasteiger partial charge in [0.1, 0.15) is 12.4 Å². The summed E-state index contributed by atoms with van der Waals surface area (Å²) in [4.78, 5) is 11.1. The second-order valence-corrected chi connectivity index (χ2v) is 3.25. The predicted molar refractivity (Wildman–Crippen MR) is 67.8 cm³/mol. The molecule has 0 aromatic heterocycles. The topological polar surface area (TPSA) is 35.5 Å². The van der Waals surface area contributed by atoms with Crippen molar-refractivity contribution in [2.45, 2.75) is 6.92 Å². The highest BCUT2D eigenvalue weighted by atomic mass is 16.5. The maximum atomic E-state index is 11.1. The molecule has 0 spiro atoms. The van der Waals surface area contributed by atoms with Crippen molar-refractivity contribution in [3.8, 4) is 5.75 Å². The molecule has 0 radical (unpaired) electrons. The lowest BCUT2D eigenvalue weighted by molar-refractivity contribution is -0.137. The fourth-order valence-corrected chi connectivity index (χ4v) is 1.18. The summed E-state index contributed by atoms with van der Waals surface area (Å²) in [6.45, 7) is 6.22. The fourth-order valence-electron chi connectivity index (χ4n) is 1.18. The molecule has 0 saturated heterocycles. The molecule has 0 fully saturated rings. The van der Waals surface area contributed by atoms with E-state index in [1.165, 1.54) is 6.08 Å². The van der Waals surface area contributed by atoms with Crippen LogP contribution < -0.4 is 4.74 Å². The number of hydrogen-bond donors (Lipinski definition) is 0. The van der Waals surface area contributed by atoms with Crippen molar-refractivity contribution in [3.05, 3.63) is 48.6 Å². The molecule has 1 rings (SSSR count). The van der Waals surface area contributed by atoms with Crippen LogP contribution in [-0.2, 0) is 9.53 Å². The van der Waals surface area contributed by atoms with Crippen LogP contribution in [-0.4, -0.2) is 19.2 Å². The van der Waals surface area contributed by atoms with Crippen molar-refractivity contribution in [2.24, 2.45) is 0 Å². The number of benzene rings is 1. The van der Waals surface area contributed by atoms with Gasteiger partial charge in [-0.05, 0) is 30.7 Å². The van der Waals surface area contributed by atoms with Crippen LogP contribution in [0.1, 0.15) is 12.5 Å². The minimum Gasteiger partial charge on any atom is -0.490 e. The van der Waals surface area contributed by atoms with Gasteiger partial charge < -0.3 is 9.47 Å². The highest BCUT2D eigenvalue weighted by molar-refractivity contribution is 5.87. The SMILES string of the molecule is C=CCOc1ccc(/C=C/C(=O)OCC)cc1. The van der Waals surface area contributed by atoms with Crippen molar-refractivity contribution >= 4 is 12.0 Å². The Hall–Kier alpha value is -2.03. The second kappa shape index (κ2) is 7.28. The molecule has 0 N–H and O–H groups in total. The van der Waals surface area contributed by atoms with Gasteiger partial charge in [0.05, 0.1) is 6.61 Å². The smallest absolute Gasteiger partial charge is 0.330 e. The normalized spacial score (nSPS) is 10.2. The Kier molecular flexibility index (Phi) is 5.58. The summed E-state index contributed by atoms with van der Waals surface area (Å²) in [5, 5.41) is 0. The molecule has 1 aromatic carbocycles. The van der Waals surface area contributed by atoms with Crippen LogP contribution >= 0.6 is 0 Å². The summed E-state index contributed by atoms with van der Waals surface area (Å²) in [6.07, 6.45) is 4.80. The van der Waals surface area contributed by atoms with Gasteiger partial charge in [-0.3, -0.25) is 0 Å². The molecular formula is C14H16O3. The molecule has 3 heteroatoms. The summed E-state index contributed by atoms with van der Waals surface area (Å²) < 4.78 is 10.1. The lowest BCUT2D eigenvalue weighted by atomic mass is 10.2. The van der Waals surface area contributed by atoms with Crippen molar-refractivity contribution < 1.29 is 14.3 Å². The van der Waals surface area contributed by atoms with E-state index >= 15 is 0 Å². The lowest BCUT2D eigenvalue weighted by Gasteiger charge is -2.02. The van der Waals surface area contributed by atoms with Crippen LogP contribution in [0, 0.1) is 0 Å². The molecule has 90 valence electrons. The van der Waals surface area contributed by atoms with Gasteiger partial charge in [0.25, 0.3) is 0 Å². The van der Waals surface area contributed by atoms with Crippen LogP contribution in [0.3, 0.4) is 0 Å². The van der Waals surface area contributed by atoms with Gasteiger partial charge in [-0.1, -0.05) is 24.8 Å². The minimum absolute atomic E-state index is 0.334. The molecule has 3 nitrogen and oxygen atoms in total. The molecule has 0 bridgehead atoms. The average Bonchev–Trinajstić information content (AvgIpc) is 2.35. The number of carbonyl (C=O) groups is 1. The van der Waals surface area contributed by atoms with E-state index in [1.54, 1.807) is 19.1 Å². The molecular weight excluding hydrogens is 216 g/mol. The molecule has 0 aliphatic rings. The van der Waals surface area contributed by atoms with Gasteiger partial charge in [-0.15, -0.1) is 0 Å². The summed E-state index contributed by atoms with van der Waals surface area (Å²) in [7, 11) is 0. The minimum atomic E-state index is -0.334. The third-order valence-corrected chi connectivity index (χ3v) is 1.95. The zero-order valence-corrected chi connectivity index (χ0v) is 9.89. The van der Waals surface area contributed by atoms with Crippen LogP contribution in [0.15, 0.2) is 43.0 Å². The Labute approximate surface area is 101 Å². The molecule has 0 aliphatic heterocycles. The lowest BCUT2D eigenvalue weighted by Crippen LogP contribution is -1.98. The van der Waals surface area contributed by atoms with Crippen LogP contribution in [0.2, 0.25) is 0 Å². The number of hydrogen-bond acceptors (Lipinski definition) is 3. The van der Waals surface area contributed by atoms with E-state index < -0.39 is 0 Å². The van der Waals surface area contributed by atoms with E-state index in [4.69, 9.17) is 9.47 Å². The van der Waals surface area contributed by atoms with E-state index in [-0.39, 0.29) is 5.97 Å². The highest BCUT2D eigenvalue weighted by Gasteiger charge is 1.95. The third-order valence-electron chi connectivity index (χ3n) is 1.95. The molecule has 1 aromatic rings. The standard InChI is InChI=1S/C14H16O3/c1-3-11-17-13-8-5-12(6-9-13)7-10-14(15)16-4-2/h3,5-10H,1,4,11H2,2H3/b10-7+. The number of rotatable bonds is 6. The monoisotopic (exact) mass is 232 g/mol. The van der Waals surface area contributed by atoms with Gasteiger partial charge in [-0.25, -0.2) is 4.79 Å². The maximum absolute atomic E-state index is 11.1. The zero-order valence-electron chi connectivity index (χ0n) is 9.89. The van der Waals surface area contributed by atoms with Crippen molar-refractivity contribution in [2.75, 3.05) is 13.2 Å². The van der Waals surface area contributed by atoms with E-state index in [1.807, 2.05) is 24.3 Å². The molecule has 0 aliphatic carbocycles. The molecule has 0 amide bonds. The number of esters is 1. The van der Waals surface area contributed by atoms with E-state index in [0.29, 0.717) is 13.2 Å². The number of ether oxygens (including phenoxy) is 2. The fraction of sp³-hybridized carbons (Fsp3) is 0.214. The quantitative estimate of drug-likeness (QED) is 0.430. The third kappa shape index (κ3) is 5.02. The van der Waals surface area contributed by atoms with Gasteiger partial charge in [-0.2, -0.15) is 0 Å². The molecule has 0 atom stereocenters. The first-order valence-electron chi connectivity index (χ1n) is 5.45.